The van der Waals surface area contributed by atoms with E-state index in [2.05, 4.69) is 15.6 Å². The molecule has 0 aliphatic carbocycles. The smallest absolute Gasteiger partial charge is 0.213 e. The molecule has 152 valence electrons. The lowest BCUT2D eigenvalue weighted by Crippen LogP contribution is -2.50. The molecule has 1 aliphatic heterocycles. The van der Waals surface area contributed by atoms with E-state index in [0.29, 0.717) is 49.1 Å². The number of rotatable bonds is 7. The van der Waals surface area contributed by atoms with E-state index in [-0.39, 0.29) is 17.6 Å². The molecule has 0 atom stereocenters. The van der Waals surface area contributed by atoms with Crippen molar-refractivity contribution >= 4 is 27.6 Å². The van der Waals surface area contributed by atoms with Crippen LogP contribution in [0.5, 0.6) is 0 Å². The minimum atomic E-state index is -3.12. The normalized spacial score (nSPS) is 17.1. The topological polar surface area (TPSA) is 73.8 Å². The molecule has 6 nitrogen and oxygen atoms in total. The van der Waals surface area contributed by atoms with E-state index in [9.17, 15) is 12.8 Å². The summed E-state index contributed by atoms with van der Waals surface area (Å²) in [5, 5.41) is 6.94. The van der Waals surface area contributed by atoms with Crippen LogP contribution >= 0.6 is 11.6 Å². The third-order valence-corrected chi connectivity index (χ3v) is 6.83. The summed E-state index contributed by atoms with van der Waals surface area (Å²) in [7, 11) is -3.12. The van der Waals surface area contributed by atoms with Gasteiger partial charge >= 0.3 is 0 Å². The number of benzene rings is 1. The van der Waals surface area contributed by atoms with E-state index in [1.54, 1.807) is 23.4 Å². The zero-order valence-corrected chi connectivity index (χ0v) is 17.4. The van der Waals surface area contributed by atoms with Crippen molar-refractivity contribution in [3.05, 3.63) is 34.6 Å². The summed E-state index contributed by atoms with van der Waals surface area (Å²) in [5.74, 6) is 0.468. The maximum absolute atomic E-state index is 13.8. The number of piperidine rings is 1. The van der Waals surface area contributed by atoms with Crippen LogP contribution in [0.15, 0.2) is 23.2 Å². The molecule has 27 heavy (non-hydrogen) atoms. The lowest BCUT2D eigenvalue weighted by atomic mass is 10.1. The standard InChI is InChI=1S/C18H28ClFN4O2S/c1-3-21-18(22-11-8-15-16(19)6-5-7-17(15)20)23-14-9-12-24(13-10-14)27(25,26)4-2/h5-7,14H,3-4,8-13H2,1-2H3,(H2,21,22,23). The summed E-state index contributed by atoms with van der Waals surface area (Å²) < 4.78 is 39.3. The molecule has 1 aliphatic rings. The Kier molecular flexibility index (Phi) is 8.31. The number of aliphatic imine (C=N–C) groups is 1. The number of halogens is 2. The van der Waals surface area contributed by atoms with Crippen LogP contribution < -0.4 is 10.6 Å². The van der Waals surface area contributed by atoms with E-state index in [0.717, 1.165) is 12.8 Å². The van der Waals surface area contributed by atoms with Crippen LogP contribution in [-0.4, -0.2) is 56.7 Å². The maximum Gasteiger partial charge on any atom is 0.213 e. The second-order valence-corrected chi connectivity index (χ2v) is 9.09. The van der Waals surface area contributed by atoms with Crippen molar-refractivity contribution in [2.24, 2.45) is 4.99 Å². The second kappa shape index (κ2) is 10.2. The zero-order valence-electron chi connectivity index (χ0n) is 15.8. The largest absolute Gasteiger partial charge is 0.357 e. The van der Waals surface area contributed by atoms with Crippen molar-refractivity contribution in [1.82, 2.24) is 14.9 Å². The fourth-order valence-corrected chi connectivity index (χ4v) is 4.41. The lowest BCUT2D eigenvalue weighted by molar-refractivity contribution is 0.306. The molecule has 0 spiro atoms. The van der Waals surface area contributed by atoms with Crippen LogP contribution in [-0.2, 0) is 16.4 Å². The van der Waals surface area contributed by atoms with Gasteiger partial charge in [0.05, 0.1) is 5.75 Å². The Hall–Kier alpha value is -1.38. The van der Waals surface area contributed by atoms with Crippen LogP contribution in [0.2, 0.25) is 5.02 Å². The number of hydrogen-bond donors (Lipinski definition) is 2. The van der Waals surface area contributed by atoms with Gasteiger partial charge in [-0.1, -0.05) is 17.7 Å². The van der Waals surface area contributed by atoms with Gasteiger partial charge in [-0.25, -0.2) is 17.1 Å². The van der Waals surface area contributed by atoms with E-state index in [1.165, 1.54) is 6.07 Å². The van der Waals surface area contributed by atoms with Crippen molar-refractivity contribution in [2.75, 3.05) is 31.9 Å². The molecule has 0 amide bonds. The highest BCUT2D eigenvalue weighted by Gasteiger charge is 2.26. The van der Waals surface area contributed by atoms with Gasteiger partial charge in [-0.2, -0.15) is 0 Å². The predicted molar refractivity (Wildman–Crippen MR) is 108 cm³/mol. The molecule has 1 fully saturated rings. The van der Waals surface area contributed by atoms with Crippen LogP contribution in [0.25, 0.3) is 0 Å². The molecule has 2 rings (SSSR count). The first-order chi connectivity index (χ1) is 12.9. The van der Waals surface area contributed by atoms with Crippen LogP contribution in [0.1, 0.15) is 32.3 Å². The quantitative estimate of drug-likeness (QED) is 0.526. The summed E-state index contributed by atoms with van der Waals surface area (Å²) in [6.45, 7) is 5.77. The molecular weight excluding hydrogens is 391 g/mol. The van der Waals surface area contributed by atoms with Gasteiger partial charge in [0, 0.05) is 42.8 Å². The first-order valence-corrected chi connectivity index (χ1v) is 11.3. The molecule has 1 heterocycles. The number of sulfonamides is 1. The fourth-order valence-electron chi connectivity index (χ4n) is 3.02. The highest BCUT2D eigenvalue weighted by Crippen LogP contribution is 2.19. The number of nitrogens with one attached hydrogen (secondary N) is 2. The summed E-state index contributed by atoms with van der Waals surface area (Å²) >= 11 is 6.05. The third kappa shape index (κ3) is 6.33. The molecule has 1 aromatic carbocycles. The Morgan fingerprint density at radius 1 is 1.33 bits per heavy atom. The molecule has 0 bridgehead atoms. The average molecular weight is 419 g/mol. The Balaban J connectivity index is 1.91. The molecule has 0 saturated carbocycles. The zero-order chi connectivity index (χ0) is 19.9. The molecule has 0 aromatic heterocycles. The van der Waals surface area contributed by atoms with Crippen molar-refractivity contribution in [3.63, 3.8) is 0 Å². The lowest BCUT2D eigenvalue weighted by Gasteiger charge is -2.32. The van der Waals surface area contributed by atoms with E-state index < -0.39 is 10.0 Å². The minimum absolute atomic E-state index is 0.133. The first kappa shape index (κ1) is 21.9. The van der Waals surface area contributed by atoms with Crippen LogP contribution in [0, 0.1) is 5.82 Å². The van der Waals surface area contributed by atoms with Crippen molar-refractivity contribution in [1.29, 1.82) is 0 Å². The summed E-state index contributed by atoms with van der Waals surface area (Å²) in [5.41, 5.74) is 0.469. The summed E-state index contributed by atoms with van der Waals surface area (Å²) in [6.07, 6.45) is 1.86. The third-order valence-electron chi connectivity index (χ3n) is 4.59. The first-order valence-electron chi connectivity index (χ1n) is 9.33. The molecule has 1 saturated heterocycles. The van der Waals surface area contributed by atoms with Crippen molar-refractivity contribution < 1.29 is 12.8 Å². The minimum Gasteiger partial charge on any atom is -0.357 e. The molecule has 9 heteroatoms. The Labute approximate surface area is 166 Å². The van der Waals surface area contributed by atoms with Gasteiger partial charge in [0.25, 0.3) is 0 Å². The van der Waals surface area contributed by atoms with Crippen molar-refractivity contribution in [2.45, 2.75) is 39.2 Å². The second-order valence-electron chi connectivity index (χ2n) is 6.43. The Bertz CT molecular complexity index is 729. The number of hydrogen-bond acceptors (Lipinski definition) is 3. The Morgan fingerprint density at radius 2 is 2.04 bits per heavy atom. The van der Waals surface area contributed by atoms with E-state index in [1.807, 2.05) is 6.92 Å². The highest BCUT2D eigenvalue weighted by molar-refractivity contribution is 7.89. The molecule has 2 N–H and O–H groups in total. The average Bonchev–Trinajstić information content (AvgIpc) is 2.64. The van der Waals surface area contributed by atoms with Crippen molar-refractivity contribution in [3.8, 4) is 0 Å². The maximum atomic E-state index is 13.8. The molecule has 0 unspecified atom stereocenters. The van der Waals surface area contributed by atoms with Gasteiger partial charge in [-0.3, -0.25) is 4.99 Å². The number of nitrogens with zero attached hydrogens (tertiary/aromatic N) is 2. The Morgan fingerprint density at radius 3 is 2.63 bits per heavy atom. The van der Waals surface area contributed by atoms with Gasteiger partial charge in [0.15, 0.2) is 5.96 Å². The van der Waals surface area contributed by atoms with Gasteiger partial charge in [0.1, 0.15) is 5.82 Å². The van der Waals surface area contributed by atoms with Gasteiger partial charge < -0.3 is 10.6 Å². The fraction of sp³-hybridized carbons (Fsp3) is 0.611. The summed E-state index contributed by atoms with van der Waals surface area (Å²) in [6, 6.07) is 4.81. The monoisotopic (exact) mass is 418 g/mol. The number of guanidine groups is 1. The van der Waals surface area contributed by atoms with Gasteiger partial charge in [-0.15, -0.1) is 0 Å². The molecular formula is C18H28ClFN4O2S. The van der Waals surface area contributed by atoms with Gasteiger partial charge in [-0.05, 0) is 45.2 Å². The molecule has 0 radical (unpaired) electrons. The summed E-state index contributed by atoms with van der Waals surface area (Å²) in [4.78, 5) is 4.51. The SMILES string of the molecule is CCNC(=NCCc1c(F)cccc1Cl)NC1CCN(S(=O)(=O)CC)CC1. The van der Waals surface area contributed by atoms with E-state index >= 15 is 0 Å². The predicted octanol–water partition coefficient (Wildman–Crippen LogP) is 2.39. The molecule has 1 aromatic rings. The van der Waals surface area contributed by atoms with Crippen LogP contribution in [0.3, 0.4) is 0 Å². The highest BCUT2D eigenvalue weighted by atomic mass is 35.5. The van der Waals surface area contributed by atoms with Gasteiger partial charge in [0.2, 0.25) is 10.0 Å². The van der Waals surface area contributed by atoms with E-state index in [4.69, 9.17) is 11.6 Å². The van der Waals surface area contributed by atoms with Crippen LogP contribution in [0.4, 0.5) is 4.39 Å².